The van der Waals surface area contributed by atoms with Crippen molar-refractivity contribution in [2.45, 2.75) is 0 Å². The van der Waals surface area contributed by atoms with Crippen LogP contribution >= 0.6 is 0 Å². The number of nitro groups is 1. The Hall–Kier alpha value is -1.90. The van der Waals surface area contributed by atoms with Crippen molar-refractivity contribution in [3.05, 3.63) is 39.4 Å². The van der Waals surface area contributed by atoms with Gasteiger partial charge in [-0.2, -0.15) is 4.39 Å². The normalized spacial score (nSPS) is 16.2. The van der Waals surface area contributed by atoms with Gasteiger partial charge in [0.15, 0.2) is 0 Å². The summed E-state index contributed by atoms with van der Waals surface area (Å²) in [6, 6.07) is 0.923. The molecule has 0 unspecified atom stereocenters. The molecule has 0 bridgehead atoms. The van der Waals surface area contributed by atoms with Gasteiger partial charge in [-0.25, -0.2) is 4.39 Å². The molecule has 2 rings (SSSR count). The first-order chi connectivity index (χ1) is 9.40. The number of nitrogens with zero attached hydrogens (tertiary/aromatic N) is 2. The largest absolute Gasteiger partial charge is 0.337 e. The smallest absolute Gasteiger partial charge is 0.307 e. The Balaban J connectivity index is 2.29. The summed E-state index contributed by atoms with van der Waals surface area (Å²) in [5.41, 5.74) is -1.57. The van der Waals surface area contributed by atoms with Crippen molar-refractivity contribution in [3.8, 4) is 0 Å². The highest BCUT2D eigenvalue weighted by atomic mass is 32.2. The van der Waals surface area contributed by atoms with Crippen molar-refractivity contribution in [3.63, 3.8) is 0 Å². The fourth-order valence-electron chi connectivity index (χ4n) is 1.85. The van der Waals surface area contributed by atoms with Crippen molar-refractivity contribution >= 4 is 22.4 Å². The van der Waals surface area contributed by atoms with Crippen LogP contribution in [0, 0.1) is 21.7 Å². The first kappa shape index (κ1) is 14.5. The van der Waals surface area contributed by atoms with Gasteiger partial charge >= 0.3 is 5.69 Å². The standard InChI is InChI=1S/C11H10F2N2O4S/c12-8-6-10(15(17)18)9(13)5-7(8)11(16)14-1-3-20(19)4-2-14/h5-6H,1-4H2. The van der Waals surface area contributed by atoms with Crippen LogP contribution in [-0.2, 0) is 10.8 Å². The molecule has 0 N–H and O–H groups in total. The van der Waals surface area contributed by atoms with Crippen LogP contribution in [0.1, 0.15) is 10.4 Å². The molecule has 1 aromatic carbocycles. The summed E-state index contributed by atoms with van der Waals surface area (Å²) in [6.07, 6.45) is 0. The van der Waals surface area contributed by atoms with E-state index in [2.05, 4.69) is 0 Å². The second kappa shape index (κ2) is 5.61. The van der Waals surface area contributed by atoms with Gasteiger partial charge in [-0.3, -0.25) is 19.1 Å². The topological polar surface area (TPSA) is 80.5 Å². The molecule has 108 valence electrons. The lowest BCUT2D eigenvalue weighted by Crippen LogP contribution is -2.42. The Bertz CT molecular complexity index is 598. The van der Waals surface area contributed by atoms with Gasteiger partial charge in [-0.1, -0.05) is 0 Å². The maximum Gasteiger partial charge on any atom is 0.307 e. The van der Waals surface area contributed by atoms with E-state index in [0.717, 1.165) is 0 Å². The third-order valence-electron chi connectivity index (χ3n) is 2.93. The Labute approximate surface area is 115 Å². The third-order valence-corrected chi connectivity index (χ3v) is 4.20. The monoisotopic (exact) mass is 304 g/mol. The number of rotatable bonds is 2. The Kier molecular flexibility index (Phi) is 4.07. The van der Waals surface area contributed by atoms with E-state index in [0.29, 0.717) is 12.1 Å². The number of halogens is 2. The van der Waals surface area contributed by atoms with Crippen LogP contribution in [0.15, 0.2) is 12.1 Å². The number of hydrogen-bond acceptors (Lipinski definition) is 4. The third kappa shape index (κ3) is 2.82. The van der Waals surface area contributed by atoms with Gasteiger partial charge in [0.2, 0.25) is 5.82 Å². The molecule has 0 aromatic heterocycles. The van der Waals surface area contributed by atoms with Gasteiger partial charge in [-0.05, 0) is 6.07 Å². The van der Waals surface area contributed by atoms with E-state index in [4.69, 9.17) is 0 Å². The summed E-state index contributed by atoms with van der Waals surface area (Å²) in [5.74, 6) is -2.60. The van der Waals surface area contributed by atoms with Gasteiger partial charge < -0.3 is 4.90 Å². The average molecular weight is 304 g/mol. The van der Waals surface area contributed by atoms with Crippen molar-refractivity contribution < 1.29 is 22.7 Å². The van der Waals surface area contributed by atoms with Gasteiger partial charge in [0, 0.05) is 35.4 Å². The minimum absolute atomic E-state index is 0.184. The molecule has 1 heterocycles. The summed E-state index contributed by atoms with van der Waals surface area (Å²) >= 11 is 0. The van der Waals surface area contributed by atoms with E-state index in [1.54, 1.807) is 0 Å². The van der Waals surface area contributed by atoms with Crippen molar-refractivity contribution in [2.75, 3.05) is 24.6 Å². The zero-order chi connectivity index (χ0) is 14.9. The number of carbonyl (C=O) groups excluding carboxylic acids is 1. The maximum absolute atomic E-state index is 13.7. The van der Waals surface area contributed by atoms with E-state index < -0.39 is 44.5 Å². The van der Waals surface area contributed by atoms with Gasteiger partial charge in [0.25, 0.3) is 5.91 Å². The predicted molar refractivity (Wildman–Crippen MR) is 66.8 cm³/mol. The molecule has 6 nitrogen and oxygen atoms in total. The molecule has 0 atom stereocenters. The van der Waals surface area contributed by atoms with Gasteiger partial charge in [0.1, 0.15) is 5.82 Å². The van der Waals surface area contributed by atoms with E-state index in [1.807, 2.05) is 0 Å². The van der Waals surface area contributed by atoms with Crippen molar-refractivity contribution in [1.29, 1.82) is 0 Å². The lowest BCUT2D eigenvalue weighted by atomic mass is 10.1. The number of amides is 1. The van der Waals surface area contributed by atoms with E-state index in [1.165, 1.54) is 4.90 Å². The zero-order valence-corrected chi connectivity index (χ0v) is 11.0. The molecular weight excluding hydrogens is 294 g/mol. The SMILES string of the molecule is O=C(c1cc(F)c([N+](=O)[O-])cc1F)N1CCS(=O)CC1. The zero-order valence-electron chi connectivity index (χ0n) is 10.2. The molecule has 1 amide bonds. The van der Waals surface area contributed by atoms with Crippen LogP contribution in [0.4, 0.5) is 14.5 Å². The highest BCUT2D eigenvalue weighted by molar-refractivity contribution is 7.85. The minimum Gasteiger partial charge on any atom is -0.337 e. The van der Waals surface area contributed by atoms with E-state index in [-0.39, 0.29) is 24.6 Å². The number of benzene rings is 1. The molecular formula is C11H10F2N2O4S. The summed E-state index contributed by atoms with van der Waals surface area (Å²) < 4.78 is 38.3. The first-order valence-corrected chi connectivity index (χ1v) is 7.16. The summed E-state index contributed by atoms with van der Waals surface area (Å²) in [7, 11) is -1.00. The quantitative estimate of drug-likeness (QED) is 0.605. The number of nitro benzene ring substituents is 1. The molecule has 0 aliphatic carbocycles. The number of carbonyl (C=O) groups is 1. The summed E-state index contributed by atoms with van der Waals surface area (Å²) in [4.78, 5) is 22.7. The predicted octanol–water partition coefficient (Wildman–Crippen LogP) is 1.08. The molecule has 0 spiro atoms. The second-order valence-electron chi connectivity index (χ2n) is 4.18. The van der Waals surface area contributed by atoms with Crippen LogP contribution in [-0.4, -0.2) is 44.5 Å². The van der Waals surface area contributed by atoms with E-state index in [9.17, 15) is 27.9 Å². The molecule has 1 aromatic rings. The molecule has 9 heteroatoms. The van der Waals surface area contributed by atoms with Crippen LogP contribution < -0.4 is 0 Å². The fraction of sp³-hybridized carbons (Fsp3) is 0.364. The maximum atomic E-state index is 13.7. The fourth-order valence-corrected chi connectivity index (χ4v) is 2.90. The van der Waals surface area contributed by atoms with Crippen LogP contribution in [0.5, 0.6) is 0 Å². The van der Waals surface area contributed by atoms with Crippen LogP contribution in [0.25, 0.3) is 0 Å². The van der Waals surface area contributed by atoms with Crippen molar-refractivity contribution in [2.24, 2.45) is 0 Å². The molecule has 20 heavy (non-hydrogen) atoms. The molecule has 0 radical (unpaired) electrons. The summed E-state index contributed by atoms with van der Waals surface area (Å²) in [5, 5.41) is 10.5. The Morgan fingerprint density at radius 1 is 1.25 bits per heavy atom. The van der Waals surface area contributed by atoms with Gasteiger partial charge in [-0.15, -0.1) is 0 Å². The molecule has 1 aliphatic rings. The molecule has 1 fully saturated rings. The molecule has 1 aliphatic heterocycles. The van der Waals surface area contributed by atoms with Crippen LogP contribution in [0.2, 0.25) is 0 Å². The molecule has 0 saturated carbocycles. The highest BCUT2D eigenvalue weighted by Gasteiger charge is 2.27. The minimum atomic E-state index is -1.26. The number of hydrogen-bond donors (Lipinski definition) is 0. The lowest BCUT2D eigenvalue weighted by molar-refractivity contribution is -0.387. The van der Waals surface area contributed by atoms with Gasteiger partial charge in [0.05, 0.1) is 16.6 Å². The highest BCUT2D eigenvalue weighted by Crippen LogP contribution is 2.22. The average Bonchev–Trinajstić information content (AvgIpc) is 2.40. The first-order valence-electron chi connectivity index (χ1n) is 5.68. The molecule has 1 saturated heterocycles. The summed E-state index contributed by atoms with van der Waals surface area (Å²) in [6.45, 7) is 0.368. The van der Waals surface area contributed by atoms with Crippen LogP contribution in [0.3, 0.4) is 0 Å². The van der Waals surface area contributed by atoms with E-state index >= 15 is 0 Å². The second-order valence-corrected chi connectivity index (χ2v) is 5.88. The Morgan fingerprint density at radius 3 is 2.40 bits per heavy atom. The Morgan fingerprint density at radius 2 is 1.85 bits per heavy atom. The lowest BCUT2D eigenvalue weighted by Gasteiger charge is -2.26. The van der Waals surface area contributed by atoms with Crippen molar-refractivity contribution in [1.82, 2.24) is 4.90 Å².